The number of aromatic amines is 1. The first-order chi connectivity index (χ1) is 6.27. The highest BCUT2D eigenvalue weighted by Crippen LogP contribution is 2.20. The molecule has 0 fully saturated rings. The van der Waals surface area contributed by atoms with Gasteiger partial charge in [0.2, 0.25) is 0 Å². The maximum absolute atomic E-state index is 13.2. The van der Waals surface area contributed by atoms with Gasteiger partial charge in [-0.3, -0.25) is 5.10 Å². The number of nitrogens with one attached hydrogen (secondary N) is 1. The minimum atomic E-state index is -0.369. The first kappa shape index (κ1) is 7.72. The van der Waals surface area contributed by atoms with E-state index in [0.29, 0.717) is 17.1 Å². The third-order valence-electron chi connectivity index (χ3n) is 1.66. The van der Waals surface area contributed by atoms with Crippen molar-refractivity contribution in [2.24, 2.45) is 0 Å². The lowest BCUT2D eigenvalue weighted by molar-refractivity contribution is 0.630. The number of nitrogen functional groups attached to an aromatic ring is 1. The van der Waals surface area contributed by atoms with Gasteiger partial charge in [-0.1, -0.05) is 0 Å². The minimum absolute atomic E-state index is 0.331. The van der Waals surface area contributed by atoms with Gasteiger partial charge in [0.25, 0.3) is 0 Å². The summed E-state index contributed by atoms with van der Waals surface area (Å²) in [6.07, 6.45) is 1.32. The van der Waals surface area contributed by atoms with Crippen LogP contribution in [0.15, 0.2) is 24.5 Å². The molecule has 4 nitrogen and oxygen atoms in total. The molecule has 0 aliphatic rings. The fourth-order valence-electron chi connectivity index (χ4n) is 1.06. The Morgan fingerprint density at radius 1 is 1.38 bits per heavy atom. The second-order valence-electron chi connectivity index (χ2n) is 2.57. The maximum atomic E-state index is 13.2. The molecule has 0 radical (unpaired) electrons. The Labute approximate surface area is 73.6 Å². The zero-order chi connectivity index (χ0) is 9.26. The van der Waals surface area contributed by atoms with E-state index in [1.807, 2.05) is 0 Å². The summed E-state index contributed by atoms with van der Waals surface area (Å²) in [5.41, 5.74) is 6.33. The molecule has 0 aliphatic heterocycles. The van der Waals surface area contributed by atoms with Crippen LogP contribution < -0.4 is 5.73 Å². The lowest BCUT2D eigenvalue weighted by Crippen LogP contribution is -1.90. The highest BCUT2D eigenvalue weighted by atomic mass is 19.1. The molecule has 0 atom stereocenters. The van der Waals surface area contributed by atoms with Gasteiger partial charge in [0.15, 0.2) is 5.82 Å². The van der Waals surface area contributed by atoms with E-state index in [1.54, 1.807) is 0 Å². The molecular weight excluding hydrogens is 171 g/mol. The lowest BCUT2D eigenvalue weighted by atomic mass is 10.2. The molecule has 0 amide bonds. The van der Waals surface area contributed by atoms with Crippen molar-refractivity contribution >= 4 is 5.69 Å². The topological polar surface area (TPSA) is 67.6 Å². The first-order valence-corrected chi connectivity index (χ1v) is 3.68. The number of halogens is 1. The Kier molecular flexibility index (Phi) is 1.70. The summed E-state index contributed by atoms with van der Waals surface area (Å²) in [5.74, 6) is 0.00995. The highest BCUT2D eigenvalue weighted by molar-refractivity contribution is 5.61. The van der Waals surface area contributed by atoms with E-state index in [4.69, 9.17) is 5.73 Å². The van der Waals surface area contributed by atoms with Gasteiger partial charge in [0, 0.05) is 5.69 Å². The first-order valence-electron chi connectivity index (χ1n) is 3.68. The summed E-state index contributed by atoms with van der Waals surface area (Å²) in [7, 11) is 0. The summed E-state index contributed by atoms with van der Waals surface area (Å²) in [4.78, 5) is 3.83. The fraction of sp³-hybridized carbons (Fsp3) is 0. The van der Waals surface area contributed by atoms with E-state index in [1.165, 1.54) is 24.5 Å². The molecule has 0 bridgehead atoms. The summed E-state index contributed by atoms with van der Waals surface area (Å²) < 4.78 is 13.2. The summed E-state index contributed by atoms with van der Waals surface area (Å²) in [6.45, 7) is 0. The highest BCUT2D eigenvalue weighted by Gasteiger charge is 2.07. The molecule has 66 valence electrons. The van der Waals surface area contributed by atoms with Gasteiger partial charge >= 0.3 is 0 Å². The molecule has 5 heteroatoms. The molecule has 0 unspecified atom stereocenters. The van der Waals surface area contributed by atoms with Gasteiger partial charge in [0.05, 0.1) is 5.56 Å². The predicted molar refractivity (Wildman–Crippen MR) is 46.2 cm³/mol. The van der Waals surface area contributed by atoms with Crippen molar-refractivity contribution in [2.75, 3.05) is 5.73 Å². The van der Waals surface area contributed by atoms with E-state index in [9.17, 15) is 4.39 Å². The number of hydrogen-bond donors (Lipinski definition) is 2. The van der Waals surface area contributed by atoms with Crippen LogP contribution in [0.1, 0.15) is 0 Å². The van der Waals surface area contributed by atoms with Crippen LogP contribution in [-0.2, 0) is 0 Å². The predicted octanol–water partition coefficient (Wildman–Crippen LogP) is 1.19. The molecule has 1 aromatic heterocycles. The van der Waals surface area contributed by atoms with Crippen LogP contribution in [-0.4, -0.2) is 15.2 Å². The molecule has 2 aromatic rings. The molecule has 0 saturated carbocycles. The minimum Gasteiger partial charge on any atom is -0.399 e. The van der Waals surface area contributed by atoms with Crippen LogP contribution in [0.2, 0.25) is 0 Å². The van der Waals surface area contributed by atoms with Gasteiger partial charge in [-0.05, 0) is 18.2 Å². The van der Waals surface area contributed by atoms with Crippen molar-refractivity contribution in [2.45, 2.75) is 0 Å². The Bertz CT molecular complexity index is 410. The number of anilines is 1. The molecule has 0 saturated heterocycles. The summed E-state index contributed by atoms with van der Waals surface area (Å²) in [5, 5.41) is 6.19. The number of nitrogens with two attached hydrogens (primary N) is 1. The zero-order valence-corrected chi connectivity index (χ0v) is 6.66. The number of H-pyrrole nitrogens is 1. The Morgan fingerprint density at radius 2 is 2.23 bits per heavy atom. The van der Waals surface area contributed by atoms with Gasteiger partial charge in [-0.25, -0.2) is 9.37 Å². The normalized spacial score (nSPS) is 10.2. The van der Waals surface area contributed by atoms with Crippen LogP contribution in [0.4, 0.5) is 10.1 Å². The van der Waals surface area contributed by atoms with Gasteiger partial charge < -0.3 is 5.73 Å². The van der Waals surface area contributed by atoms with E-state index in [2.05, 4.69) is 15.2 Å². The number of aromatic nitrogens is 3. The molecule has 1 heterocycles. The van der Waals surface area contributed by atoms with Crippen molar-refractivity contribution in [1.82, 2.24) is 15.2 Å². The Morgan fingerprint density at radius 3 is 2.92 bits per heavy atom. The largest absolute Gasteiger partial charge is 0.399 e. The second-order valence-corrected chi connectivity index (χ2v) is 2.57. The van der Waals surface area contributed by atoms with Gasteiger partial charge in [0.1, 0.15) is 12.1 Å². The smallest absolute Gasteiger partial charge is 0.158 e. The van der Waals surface area contributed by atoms with Crippen molar-refractivity contribution in [3.8, 4) is 11.4 Å². The van der Waals surface area contributed by atoms with Crippen molar-refractivity contribution < 1.29 is 4.39 Å². The third-order valence-corrected chi connectivity index (χ3v) is 1.66. The second kappa shape index (κ2) is 2.85. The molecule has 1 aromatic carbocycles. The maximum Gasteiger partial charge on any atom is 0.158 e. The standard InChI is InChI=1S/C8H7FN4/c9-7-2-1-5(10)3-6(7)8-11-4-12-13-8/h1-4H,10H2,(H,11,12,13). The van der Waals surface area contributed by atoms with E-state index in [0.717, 1.165) is 0 Å². The van der Waals surface area contributed by atoms with Crippen LogP contribution >= 0.6 is 0 Å². The van der Waals surface area contributed by atoms with Crippen LogP contribution in [0.5, 0.6) is 0 Å². The van der Waals surface area contributed by atoms with Crippen LogP contribution in [0.3, 0.4) is 0 Å². The average molecular weight is 178 g/mol. The number of benzene rings is 1. The quantitative estimate of drug-likeness (QED) is 0.644. The number of hydrogen-bond acceptors (Lipinski definition) is 3. The molecule has 3 N–H and O–H groups in total. The Hall–Kier alpha value is -1.91. The van der Waals surface area contributed by atoms with Gasteiger partial charge in [-0.15, -0.1) is 0 Å². The molecule has 13 heavy (non-hydrogen) atoms. The molecule has 0 spiro atoms. The average Bonchev–Trinajstić information content (AvgIpc) is 2.61. The van der Waals surface area contributed by atoms with E-state index in [-0.39, 0.29) is 5.82 Å². The SMILES string of the molecule is Nc1ccc(F)c(-c2ncn[nH]2)c1. The number of rotatable bonds is 1. The fourth-order valence-corrected chi connectivity index (χ4v) is 1.06. The van der Waals surface area contributed by atoms with Crippen LogP contribution in [0.25, 0.3) is 11.4 Å². The molecular formula is C8H7FN4. The van der Waals surface area contributed by atoms with E-state index >= 15 is 0 Å². The monoisotopic (exact) mass is 178 g/mol. The lowest BCUT2D eigenvalue weighted by Gasteiger charge is -1.99. The third kappa shape index (κ3) is 1.35. The summed E-state index contributed by atoms with van der Waals surface area (Å²) >= 11 is 0. The van der Waals surface area contributed by atoms with Crippen molar-refractivity contribution in [1.29, 1.82) is 0 Å². The Balaban J connectivity index is 2.57. The zero-order valence-electron chi connectivity index (χ0n) is 6.66. The summed E-state index contributed by atoms with van der Waals surface area (Å²) in [6, 6.07) is 4.30. The molecule has 0 aliphatic carbocycles. The van der Waals surface area contributed by atoms with Gasteiger partial charge in [-0.2, -0.15) is 5.10 Å². The van der Waals surface area contributed by atoms with Crippen molar-refractivity contribution in [3.05, 3.63) is 30.3 Å². The van der Waals surface area contributed by atoms with Crippen LogP contribution in [0, 0.1) is 5.82 Å². The number of nitrogens with zero attached hydrogens (tertiary/aromatic N) is 2. The molecule has 2 rings (SSSR count). The van der Waals surface area contributed by atoms with Crippen molar-refractivity contribution in [3.63, 3.8) is 0 Å². The van der Waals surface area contributed by atoms with E-state index < -0.39 is 0 Å².